The summed E-state index contributed by atoms with van der Waals surface area (Å²) in [5, 5.41) is 6.51. The molecular formula is C25H23ClFN3O6. The Bertz CT molecular complexity index is 1280. The van der Waals surface area contributed by atoms with Crippen molar-refractivity contribution in [2.45, 2.75) is 6.61 Å². The number of hydrogen-bond acceptors (Lipinski definition) is 7. The summed E-state index contributed by atoms with van der Waals surface area (Å²) in [4.78, 5) is 24.3. The fourth-order valence-corrected chi connectivity index (χ4v) is 3.20. The van der Waals surface area contributed by atoms with Gasteiger partial charge in [-0.05, 0) is 48.0 Å². The van der Waals surface area contributed by atoms with Crippen molar-refractivity contribution < 1.29 is 32.9 Å². The van der Waals surface area contributed by atoms with Gasteiger partial charge in [0.15, 0.2) is 11.5 Å². The molecule has 11 heteroatoms. The fraction of sp³-hybridized carbons (Fsp3) is 0.160. The molecular weight excluding hydrogens is 493 g/mol. The Morgan fingerprint density at radius 3 is 2.39 bits per heavy atom. The molecule has 0 aliphatic carbocycles. The largest absolute Gasteiger partial charge is 0.497 e. The minimum Gasteiger partial charge on any atom is -0.497 e. The van der Waals surface area contributed by atoms with Gasteiger partial charge in [-0.1, -0.05) is 17.7 Å². The first-order chi connectivity index (χ1) is 17.3. The van der Waals surface area contributed by atoms with Crippen LogP contribution in [0.2, 0.25) is 5.02 Å². The number of hydrazone groups is 1. The maximum Gasteiger partial charge on any atom is 0.329 e. The molecule has 188 valence electrons. The van der Waals surface area contributed by atoms with Crippen LogP contribution in [0, 0.1) is 5.82 Å². The minimum atomic E-state index is -0.979. The van der Waals surface area contributed by atoms with Gasteiger partial charge in [-0.2, -0.15) is 5.10 Å². The zero-order valence-corrected chi connectivity index (χ0v) is 20.4. The number of ether oxygens (including phenoxy) is 4. The molecule has 0 saturated carbocycles. The molecule has 0 aliphatic heterocycles. The number of halogens is 2. The van der Waals surface area contributed by atoms with E-state index in [1.807, 2.05) is 0 Å². The van der Waals surface area contributed by atoms with Gasteiger partial charge in [0.2, 0.25) is 0 Å². The van der Waals surface area contributed by atoms with E-state index in [0.717, 1.165) is 0 Å². The number of amides is 2. The highest BCUT2D eigenvalue weighted by molar-refractivity contribution is 6.39. The quantitative estimate of drug-likeness (QED) is 0.251. The number of rotatable bonds is 9. The number of carbonyl (C=O) groups excluding carboxylic acids is 2. The van der Waals surface area contributed by atoms with E-state index in [0.29, 0.717) is 39.8 Å². The monoisotopic (exact) mass is 515 g/mol. The normalized spacial score (nSPS) is 10.6. The first-order valence-corrected chi connectivity index (χ1v) is 10.8. The van der Waals surface area contributed by atoms with Crippen LogP contribution in [-0.4, -0.2) is 39.4 Å². The molecule has 36 heavy (non-hydrogen) atoms. The Hall–Kier alpha value is -4.31. The standard InChI is InChI=1S/C25H23ClFN3O6/c1-33-18-7-8-20(22(12-18)34-2)29-24(31)25(32)30-28-13-15-4-9-21(23(10-15)35-3)36-14-16-5-6-17(27)11-19(16)26/h4-13H,14H2,1-3H3,(H,29,31)(H,30,32)/b28-13+. The van der Waals surface area contributed by atoms with Crippen molar-refractivity contribution in [2.75, 3.05) is 26.6 Å². The summed E-state index contributed by atoms with van der Waals surface area (Å²) in [5.41, 5.74) is 3.63. The molecule has 9 nitrogen and oxygen atoms in total. The molecule has 3 aromatic rings. The van der Waals surface area contributed by atoms with E-state index < -0.39 is 17.6 Å². The number of benzene rings is 3. The predicted molar refractivity (Wildman–Crippen MR) is 133 cm³/mol. The third kappa shape index (κ3) is 6.86. The lowest BCUT2D eigenvalue weighted by Gasteiger charge is -2.12. The lowest BCUT2D eigenvalue weighted by Crippen LogP contribution is -2.32. The van der Waals surface area contributed by atoms with Crippen LogP contribution < -0.4 is 29.7 Å². The Labute approximate surface area is 211 Å². The van der Waals surface area contributed by atoms with Crippen LogP contribution in [0.15, 0.2) is 59.7 Å². The molecule has 0 unspecified atom stereocenters. The van der Waals surface area contributed by atoms with E-state index >= 15 is 0 Å². The Morgan fingerprint density at radius 2 is 1.69 bits per heavy atom. The van der Waals surface area contributed by atoms with Gasteiger partial charge < -0.3 is 24.3 Å². The molecule has 0 bridgehead atoms. The average molecular weight is 516 g/mol. The van der Waals surface area contributed by atoms with E-state index in [2.05, 4.69) is 15.8 Å². The number of carbonyl (C=O) groups is 2. The maximum atomic E-state index is 13.2. The Kier molecular flexibility index (Phi) is 9.07. The van der Waals surface area contributed by atoms with Crippen molar-refractivity contribution in [3.8, 4) is 23.0 Å². The van der Waals surface area contributed by atoms with Gasteiger partial charge in [0, 0.05) is 11.6 Å². The summed E-state index contributed by atoms with van der Waals surface area (Å²) in [6.45, 7) is 0.104. The van der Waals surface area contributed by atoms with Gasteiger partial charge in [0.05, 0.1) is 38.3 Å². The second-order valence-electron chi connectivity index (χ2n) is 7.15. The van der Waals surface area contributed by atoms with E-state index in [-0.39, 0.29) is 11.6 Å². The molecule has 3 rings (SSSR count). The lowest BCUT2D eigenvalue weighted by molar-refractivity contribution is -0.136. The molecule has 0 heterocycles. The second-order valence-corrected chi connectivity index (χ2v) is 7.56. The van der Waals surface area contributed by atoms with Crippen LogP contribution in [0.4, 0.5) is 10.1 Å². The Balaban J connectivity index is 1.59. The molecule has 2 amide bonds. The van der Waals surface area contributed by atoms with Crippen LogP contribution in [0.25, 0.3) is 0 Å². The summed E-state index contributed by atoms with van der Waals surface area (Å²) in [6.07, 6.45) is 1.34. The summed E-state index contributed by atoms with van der Waals surface area (Å²) in [6, 6.07) is 13.7. The van der Waals surface area contributed by atoms with E-state index in [1.54, 1.807) is 36.4 Å². The van der Waals surface area contributed by atoms with E-state index in [4.69, 9.17) is 30.5 Å². The van der Waals surface area contributed by atoms with Gasteiger partial charge in [0.1, 0.15) is 23.9 Å². The summed E-state index contributed by atoms with van der Waals surface area (Å²) < 4.78 is 34.6. The zero-order valence-electron chi connectivity index (χ0n) is 19.6. The number of methoxy groups -OCH3 is 3. The van der Waals surface area contributed by atoms with Crippen LogP contribution in [0.1, 0.15) is 11.1 Å². The highest BCUT2D eigenvalue weighted by Gasteiger charge is 2.16. The van der Waals surface area contributed by atoms with Crippen molar-refractivity contribution in [1.82, 2.24) is 5.43 Å². The average Bonchev–Trinajstić information content (AvgIpc) is 2.88. The van der Waals surface area contributed by atoms with Crippen molar-refractivity contribution >= 4 is 35.3 Å². The van der Waals surface area contributed by atoms with Crippen molar-refractivity contribution in [2.24, 2.45) is 5.10 Å². The molecule has 0 spiro atoms. The van der Waals surface area contributed by atoms with Gasteiger partial charge >= 0.3 is 11.8 Å². The van der Waals surface area contributed by atoms with E-state index in [9.17, 15) is 14.0 Å². The first-order valence-electron chi connectivity index (χ1n) is 10.5. The lowest BCUT2D eigenvalue weighted by atomic mass is 10.2. The van der Waals surface area contributed by atoms with Crippen LogP contribution >= 0.6 is 11.6 Å². The topological polar surface area (TPSA) is 107 Å². The molecule has 0 aromatic heterocycles. The predicted octanol–water partition coefficient (Wildman–Crippen LogP) is 4.17. The molecule has 0 fully saturated rings. The minimum absolute atomic E-state index is 0.104. The van der Waals surface area contributed by atoms with Gasteiger partial charge in [-0.3, -0.25) is 9.59 Å². The second kappa shape index (κ2) is 12.4. The molecule has 0 aliphatic rings. The van der Waals surface area contributed by atoms with Crippen LogP contribution in [0.5, 0.6) is 23.0 Å². The summed E-state index contributed by atoms with van der Waals surface area (Å²) in [7, 11) is 4.39. The van der Waals surface area contributed by atoms with Crippen molar-refractivity contribution in [3.05, 3.63) is 76.6 Å². The fourth-order valence-electron chi connectivity index (χ4n) is 2.98. The number of anilines is 1. The zero-order chi connectivity index (χ0) is 26.1. The third-order valence-electron chi connectivity index (χ3n) is 4.83. The molecule has 0 radical (unpaired) electrons. The number of nitrogens with one attached hydrogen (secondary N) is 2. The molecule has 3 aromatic carbocycles. The van der Waals surface area contributed by atoms with Crippen LogP contribution in [0.3, 0.4) is 0 Å². The van der Waals surface area contributed by atoms with Crippen LogP contribution in [-0.2, 0) is 16.2 Å². The highest BCUT2D eigenvalue weighted by Crippen LogP contribution is 2.30. The molecule has 0 atom stereocenters. The number of nitrogens with zero attached hydrogens (tertiary/aromatic N) is 1. The SMILES string of the molecule is COc1ccc(NC(=O)C(=O)N/N=C/c2ccc(OCc3ccc(F)cc3Cl)c(OC)c2)c(OC)c1. The van der Waals surface area contributed by atoms with Gasteiger partial charge in [-0.15, -0.1) is 0 Å². The maximum absolute atomic E-state index is 13.2. The van der Waals surface area contributed by atoms with Crippen molar-refractivity contribution in [3.63, 3.8) is 0 Å². The van der Waals surface area contributed by atoms with E-state index in [1.165, 1.54) is 45.7 Å². The number of hydrogen-bond donors (Lipinski definition) is 2. The van der Waals surface area contributed by atoms with Crippen molar-refractivity contribution in [1.29, 1.82) is 0 Å². The smallest absolute Gasteiger partial charge is 0.329 e. The summed E-state index contributed by atoms with van der Waals surface area (Å²) >= 11 is 6.03. The van der Waals surface area contributed by atoms with Gasteiger partial charge in [0.25, 0.3) is 0 Å². The van der Waals surface area contributed by atoms with Gasteiger partial charge in [-0.25, -0.2) is 9.82 Å². The Morgan fingerprint density at radius 1 is 0.917 bits per heavy atom. The molecule has 0 saturated heterocycles. The third-order valence-corrected chi connectivity index (χ3v) is 5.18. The molecule has 2 N–H and O–H groups in total. The highest BCUT2D eigenvalue weighted by atomic mass is 35.5. The summed E-state index contributed by atoms with van der Waals surface area (Å²) in [5.74, 6) is -0.668. The first kappa shape index (κ1) is 26.3.